The number of urea groups is 2. The topological polar surface area (TPSA) is 196 Å². The van der Waals surface area contributed by atoms with Crippen molar-refractivity contribution in [3.05, 3.63) is 36.4 Å². The summed E-state index contributed by atoms with van der Waals surface area (Å²) in [6.45, 7) is 0. The van der Waals surface area contributed by atoms with Gasteiger partial charge in [-0.3, -0.25) is 0 Å². The van der Waals surface area contributed by atoms with Crippen molar-refractivity contribution in [3.63, 3.8) is 0 Å². The van der Waals surface area contributed by atoms with Crippen molar-refractivity contribution in [3.8, 4) is 11.4 Å². The lowest BCUT2D eigenvalue weighted by atomic mass is 10.2. The smallest absolute Gasteiger partial charge is 0.336 e. The minimum atomic E-state index is -1.03. The van der Waals surface area contributed by atoms with Gasteiger partial charge in [0.1, 0.15) is 0 Å². The molecule has 132 valence electrons. The lowest BCUT2D eigenvalue weighted by Crippen LogP contribution is -2.45. The van der Waals surface area contributed by atoms with Crippen LogP contribution < -0.4 is 33.2 Å². The molecule has 0 unspecified atom stereocenters. The number of carbonyl (C=O) groups is 2. The van der Waals surface area contributed by atoms with Crippen LogP contribution in [0.4, 0.5) is 21.4 Å². The fourth-order valence-electron chi connectivity index (χ4n) is 2.15. The molecule has 0 bridgehead atoms. The molecule has 4 amide bonds. The molecule has 8 N–H and O–H groups in total. The van der Waals surface area contributed by atoms with E-state index in [9.17, 15) is 9.59 Å². The molecule has 12 heteroatoms. The number of carbonyl (C=O) groups excluding carboxylic acids is 2. The van der Waals surface area contributed by atoms with Crippen molar-refractivity contribution < 1.29 is 9.59 Å². The van der Waals surface area contributed by atoms with E-state index in [1.165, 1.54) is 0 Å². The summed E-state index contributed by atoms with van der Waals surface area (Å²) in [5, 5.41) is 9.54. The van der Waals surface area contributed by atoms with E-state index in [-0.39, 0.29) is 17.5 Å². The van der Waals surface area contributed by atoms with E-state index in [0.717, 1.165) is 5.39 Å². The summed E-state index contributed by atoms with van der Waals surface area (Å²) in [6, 6.07) is 8.80. The van der Waals surface area contributed by atoms with Gasteiger partial charge in [-0.1, -0.05) is 24.3 Å². The number of pyridine rings is 1. The van der Waals surface area contributed by atoms with Gasteiger partial charge in [-0.15, -0.1) is 10.2 Å². The minimum absolute atomic E-state index is 0.0682. The summed E-state index contributed by atoms with van der Waals surface area (Å²) < 4.78 is 0. The summed E-state index contributed by atoms with van der Waals surface area (Å²) in [4.78, 5) is 31.1. The molecule has 0 radical (unpaired) electrons. The number of amides is 4. The minimum Gasteiger partial charge on any atom is -0.350 e. The number of nitrogens with zero attached hydrogens (tertiary/aromatic N) is 6. The molecule has 0 aliphatic heterocycles. The predicted octanol–water partition coefficient (Wildman–Crippen LogP) is -0.396. The van der Waals surface area contributed by atoms with E-state index in [0.29, 0.717) is 21.2 Å². The highest BCUT2D eigenvalue weighted by Gasteiger charge is 2.22. The number of hydrazine groups is 2. The van der Waals surface area contributed by atoms with Gasteiger partial charge < -0.3 is 11.5 Å². The first-order valence-corrected chi connectivity index (χ1v) is 7.18. The normalized spacial score (nSPS) is 10.5. The van der Waals surface area contributed by atoms with Crippen LogP contribution in [-0.4, -0.2) is 32.2 Å². The maximum atomic E-state index is 11.5. The van der Waals surface area contributed by atoms with Gasteiger partial charge in [0, 0.05) is 5.39 Å². The van der Waals surface area contributed by atoms with Gasteiger partial charge in [-0.25, -0.2) is 31.3 Å². The zero-order chi connectivity index (χ0) is 18.8. The van der Waals surface area contributed by atoms with E-state index in [1.54, 1.807) is 18.2 Å². The van der Waals surface area contributed by atoms with Crippen molar-refractivity contribution in [1.82, 2.24) is 20.2 Å². The van der Waals surface area contributed by atoms with Crippen molar-refractivity contribution in [1.29, 1.82) is 0 Å². The van der Waals surface area contributed by atoms with Crippen molar-refractivity contribution >= 4 is 34.7 Å². The molecule has 0 saturated carbocycles. The van der Waals surface area contributed by atoms with Crippen LogP contribution in [0.2, 0.25) is 0 Å². The van der Waals surface area contributed by atoms with E-state index < -0.39 is 12.1 Å². The maximum absolute atomic E-state index is 11.5. The Morgan fingerprint density at radius 3 is 2.23 bits per heavy atom. The Kier molecular flexibility index (Phi) is 4.26. The average molecular weight is 354 g/mol. The number of nitrogens with two attached hydrogens (primary N) is 4. The Labute approximate surface area is 146 Å². The van der Waals surface area contributed by atoms with Crippen LogP contribution in [0.5, 0.6) is 0 Å². The van der Waals surface area contributed by atoms with E-state index in [1.807, 2.05) is 18.2 Å². The largest absolute Gasteiger partial charge is 0.350 e. The van der Waals surface area contributed by atoms with Crippen molar-refractivity contribution in [2.45, 2.75) is 0 Å². The summed E-state index contributed by atoms with van der Waals surface area (Å²) >= 11 is 0. The quantitative estimate of drug-likeness (QED) is 0.277. The molecule has 2 aromatic heterocycles. The molecule has 0 aliphatic rings. The molecule has 0 aliphatic carbocycles. The summed E-state index contributed by atoms with van der Waals surface area (Å²) in [7, 11) is 0. The summed E-state index contributed by atoms with van der Waals surface area (Å²) in [5.74, 6) is 10.5. The van der Waals surface area contributed by atoms with Gasteiger partial charge in [-0.2, -0.15) is 9.99 Å². The van der Waals surface area contributed by atoms with Gasteiger partial charge >= 0.3 is 12.1 Å². The van der Waals surface area contributed by atoms with Crippen LogP contribution in [0, 0.1) is 0 Å². The molecule has 0 fully saturated rings. The maximum Gasteiger partial charge on any atom is 0.336 e. The highest BCUT2D eigenvalue weighted by Crippen LogP contribution is 2.26. The third-order valence-electron chi connectivity index (χ3n) is 3.42. The van der Waals surface area contributed by atoms with Crippen LogP contribution in [0.1, 0.15) is 0 Å². The Hall–Kier alpha value is -3.90. The second kappa shape index (κ2) is 6.54. The Bertz CT molecular complexity index is 1010. The first-order valence-electron chi connectivity index (χ1n) is 7.18. The number of para-hydroxylation sites is 1. The number of anilines is 2. The van der Waals surface area contributed by atoms with Crippen LogP contribution in [0.25, 0.3) is 22.3 Å². The second-order valence-corrected chi connectivity index (χ2v) is 5.09. The number of aromatic nitrogens is 4. The lowest BCUT2D eigenvalue weighted by Gasteiger charge is -2.18. The number of hydrogen-bond acceptors (Lipinski definition) is 8. The molecular weight excluding hydrogens is 340 g/mol. The van der Waals surface area contributed by atoms with Gasteiger partial charge in [0.15, 0.2) is 11.5 Å². The Morgan fingerprint density at radius 1 is 0.846 bits per heavy atom. The first kappa shape index (κ1) is 16.9. The molecule has 3 rings (SSSR count). The predicted molar refractivity (Wildman–Crippen MR) is 93.1 cm³/mol. The molecule has 0 atom stereocenters. The van der Waals surface area contributed by atoms with Crippen molar-refractivity contribution in [2.24, 2.45) is 23.2 Å². The van der Waals surface area contributed by atoms with E-state index >= 15 is 0 Å². The summed E-state index contributed by atoms with van der Waals surface area (Å²) in [5.41, 5.74) is 11.4. The SMILES string of the molecule is NC(=O)N(N)c1nnc(-c2ccc3ccccc3n2)c(N(N)C(N)=O)n1. The zero-order valence-corrected chi connectivity index (χ0v) is 13.3. The zero-order valence-electron chi connectivity index (χ0n) is 13.3. The molecule has 0 saturated heterocycles. The standard InChI is InChI=1S/C14H14N10O2/c15-12(25)23(17)11-10(21-22-14(20-11)24(18)13(16)26)9-6-5-7-3-1-2-4-8(7)19-9/h1-6H,17-18H2,(H2,15,25)(H2,16,26). The number of fused-ring (bicyclic) bond motifs is 1. The fraction of sp³-hybridized carbons (Fsp3) is 0. The monoisotopic (exact) mass is 354 g/mol. The molecule has 26 heavy (non-hydrogen) atoms. The van der Waals surface area contributed by atoms with Crippen LogP contribution in [0.15, 0.2) is 36.4 Å². The summed E-state index contributed by atoms with van der Waals surface area (Å²) in [6.07, 6.45) is 0. The second-order valence-electron chi connectivity index (χ2n) is 5.09. The molecule has 2 heterocycles. The number of primary amides is 2. The van der Waals surface area contributed by atoms with Crippen molar-refractivity contribution in [2.75, 3.05) is 10.0 Å². The van der Waals surface area contributed by atoms with Crippen LogP contribution in [0.3, 0.4) is 0 Å². The Balaban J connectivity index is 2.18. The lowest BCUT2D eigenvalue weighted by molar-refractivity contribution is 0.253. The molecule has 3 aromatic rings. The molecule has 1 aromatic carbocycles. The number of rotatable bonds is 3. The number of hydrogen-bond donors (Lipinski definition) is 4. The molecule has 12 nitrogen and oxygen atoms in total. The van der Waals surface area contributed by atoms with Gasteiger partial charge in [-0.05, 0) is 12.1 Å². The third-order valence-corrected chi connectivity index (χ3v) is 3.42. The van der Waals surface area contributed by atoms with Gasteiger partial charge in [0.25, 0.3) is 5.95 Å². The van der Waals surface area contributed by atoms with Crippen LogP contribution in [-0.2, 0) is 0 Å². The number of benzene rings is 1. The van der Waals surface area contributed by atoms with E-state index in [4.69, 9.17) is 23.2 Å². The highest BCUT2D eigenvalue weighted by molar-refractivity contribution is 5.93. The van der Waals surface area contributed by atoms with Crippen LogP contribution >= 0.6 is 0 Å². The Morgan fingerprint density at radius 2 is 1.54 bits per heavy atom. The van der Waals surface area contributed by atoms with E-state index in [2.05, 4.69) is 20.2 Å². The average Bonchev–Trinajstić information content (AvgIpc) is 2.65. The molecule has 0 spiro atoms. The highest BCUT2D eigenvalue weighted by atomic mass is 16.2. The first-order chi connectivity index (χ1) is 12.4. The fourth-order valence-corrected chi connectivity index (χ4v) is 2.15. The van der Waals surface area contributed by atoms with Gasteiger partial charge in [0.2, 0.25) is 0 Å². The molecular formula is C14H14N10O2. The van der Waals surface area contributed by atoms with Gasteiger partial charge in [0.05, 0.1) is 11.2 Å². The third kappa shape index (κ3) is 3.04.